The molecule has 2 heterocycles. The lowest BCUT2D eigenvalue weighted by molar-refractivity contribution is 0.102. The van der Waals surface area contributed by atoms with Crippen molar-refractivity contribution in [3.63, 3.8) is 0 Å². The largest absolute Gasteiger partial charge is 0.496 e. The Bertz CT molecular complexity index is 1880. The number of halogens is 3. The van der Waals surface area contributed by atoms with Crippen LogP contribution >= 0.6 is 23.2 Å². The number of aliphatic hydroxyl groups is 1. The summed E-state index contributed by atoms with van der Waals surface area (Å²) in [5.41, 5.74) is 0.936. The maximum atomic E-state index is 15.4. The molecule has 0 aliphatic carbocycles. The van der Waals surface area contributed by atoms with Gasteiger partial charge in [-0.1, -0.05) is 53.5 Å². The van der Waals surface area contributed by atoms with E-state index in [9.17, 15) is 19.5 Å². The van der Waals surface area contributed by atoms with Crippen LogP contribution in [0.2, 0.25) is 10.0 Å². The molecule has 5 rings (SSSR count). The number of amides is 1. The number of benzene rings is 3. The fourth-order valence-electron chi connectivity index (χ4n) is 5.04. The Balaban J connectivity index is 1.46. The number of aliphatic hydroxyl groups excluding tert-OH is 1. The van der Waals surface area contributed by atoms with E-state index in [2.05, 4.69) is 10.6 Å². The van der Waals surface area contributed by atoms with Gasteiger partial charge in [0.25, 0.3) is 11.5 Å². The minimum atomic E-state index is -0.747. The number of aromatic nitrogens is 2. The Hall–Kier alpha value is -4.00. The third-order valence-electron chi connectivity index (χ3n) is 7.50. The average molecular weight is 643 g/mol. The van der Waals surface area contributed by atoms with Crippen LogP contribution in [0.4, 0.5) is 10.1 Å². The van der Waals surface area contributed by atoms with Crippen molar-refractivity contribution in [3.8, 4) is 28.0 Å². The number of ether oxygens (including phenoxy) is 2. The van der Waals surface area contributed by atoms with E-state index in [1.165, 1.54) is 33.5 Å². The van der Waals surface area contributed by atoms with Gasteiger partial charge in [0.15, 0.2) is 0 Å². The van der Waals surface area contributed by atoms with Crippen molar-refractivity contribution in [1.82, 2.24) is 14.5 Å². The topological polar surface area (TPSA) is 124 Å². The summed E-state index contributed by atoms with van der Waals surface area (Å²) in [7, 11) is 4.16. The third-order valence-corrected chi connectivity index (χ3v) is 8.32. The number of methoxy groups -OCH3 is 1. The van der Waals surface area contributed by atoms with E-state index < -0.39 is 29.1 Å². The number of nitrogens with zero attached hydrogens (tertiary/aromatic N) is 2. The molecule has 4 aromatic rings. The van der Waals surface area contributed by atoms with Gasteiger partial charge in [0.2, 0.25) is 0 Å². The Morgan fingerprint density at radius 3 is 2.43 bits per heavy atom. The molecule has 0 saturated carbocycles. The number of anilines is 1. The predicted octanol–water partition coefficient (Wildman–Crippen LogP) is 3.97. The fourth-order valence-corrected chi connectivity index (χ4v) is 5.66. The van der Waals surface area contributed by atoms with Crippen molar-refractivity contribution >= 4 is 34.8 Å². The highest BCUT2D eigenvalue weighted by atomic mass is 35.5. The SMILES string of the molecule is COc1cc(-c2cccc(-c3cccc(NC(=O)c4cn(C)c(=O)n(C)c4=O)c3Cl)c2Cl)cc(F)c1CN[C@@H]1COC[C@@H]1O. The van der Waals surface area contributed by atoms with Gasteiger partial charge in [0.05, 0.1) is 48.2 Å². The number of nitrogens with one attached hydrogen (secondary N) is 2. The number of rotatable bonds is 8. The van der Waals surface area contributed by atoms with E-state index in [0.29, 0.717) is 40.2 Å². The second-order valence-electron chi connectivity index (χ2n) is 10.3. The summed E-state index contributed by atoms with van der Waals surface area (Å²) in [6, 6.07) is 12.9. The van der Waals surface area contributed by atoms with E-state index in [-0.39, 0.29) is 40.5 Å². The first-order valence-electron chi connectivity index (χ1n) is 13.5. The van der Waals surface area contributed by atoms with Crippen molar-refractivity contribution < 1.29 is 23.8 Å². The molecule has 13 heteroatoms. The van der Waals surface area contributed by atoms with Gasteiger partial charge in [-0.2, -0.15) is 0 Å². The highest BCUT2D eigenvalue weighted by Gasteiger charge is 2.27. The lowest BCUT2D eigenvalue weighted by Crippen LogP contribution is -2.40. The van der Waals surface area contributed by atoms with Crippen LogP contribution in [0.1, 0.15) is 15.9 Å². The number of carbonyl (C=O) groups excluding carboxylic acids is 1. The smallest absolute Gasteiger partial charge is 0.330 e. The zero-order chi connectivity index (χ0) is 31.7. The zero-order valence-electron chi connectivity index (χ0n) is 24.0. The summed E-state index contributed by atoms with van der Waals surface area (Å²) in [5.74, 6) is -0.962. The fraction of sp³-hybridized carbons (Fsp3) is 0.258. The summed E-state index contributed by atoms with van der Waals surface area (Å²) in [4.78, 5) is 37.6. The second-order valence-corrected chi connectivity index (χ2v) is 11.1. The van der Waals surface area contributed by atoms with Gasteiger partial charge in [0.1, 0.15) is 17.1 Å². The lowest BCUT2D eigenvalue weighted by Gasteiger charge is -2.18. The first-order valence-corrected chi connectivity index (χ1v) is 14.3. The minimum Gasteiger partial charge on any atom is -0.496 e. The Morgan fingerprint density at radius 2 is 1.75 bits per heavy atom. The molecule has 0 bridgehead atoms. The lowest BCUT2D eigenvalue weighted by atomic mass is 9.97. The first kappa shape index (κ1) is 31.4. The molecule has 0 unspecified atom stereocenters. The molecule has 3 aromatic carbocycles. The molecule has 0 radical (unpaired) electrons. The molecule has 0 spiro atoms. The number of aryl methyl sites for hydroxylation is 1. The molecule has 1 amide bonds. The van der Waals surface area contributed by atoms with Crippen LogP contribution in [0, 0.1) is 5.82 Å². The number of hydrogen-bond donors (Lipinski definition) is 3. The van der Waals surface area contributed by atoms with Gasteiger partial charge >= 0.3 is 5.69 Å². The van der Waals surface area contributed by atoms with E-state index >= 15 is 4.39 Å². The molecular formula is C31H29Cl2FN4O6. The van der Waals surface area contributed by atoms with Gasteiger partial charge < -0.3 is 29.8 Å². The molecule has 1 aromatic heterocycles. The predicted molar refractivity (Wildman–Crippen MR) is 166 cm³/mol. The summed E-state index contributed by atoms with van der Waals surface area (Å²) < 4.78 is 28.2. The van der Waals surface area contributed by atoms with Crippen LogP contribution in [-0.4, -0.2) is 52.6 Å². The van der Waals surface area contributed by atoms with E-state index in [1.807, 2.05) is 0 Å². The molecular weight excluding hydrogens is 614 g/mol. The normalized spacial score (nSPS) is 16.2. The second kappa shape index (κ2) is 12.9. The van der Waals surface area contributed by atoms with Crippen LogP contribution in [0.3, 0.4) is 0 Å². The van der Waals surface area contributed by atoms with Crippen molar-refractivity contribution in [1.29, 1.82) is 0 Å². The Labute approximate surface area is 261 Å². The molecule has 44 heavy (non-hydrogen) atoms. The molecule has 230 valence electrons. The average Bonchev–Trinajstić information content (AvgIpc) is 3.42. The summed E-state index contributed by atoms with van der Waals surface area (Å²) in [5, 5.41) is 16.2. The van der Waals surface area contributed by atoms with Crippen LogP contribution < -0.4 is 26.6 Å². The van der Waals surface area contributed by atoms with Crippen molar-refractivity contribution in [2.45, 2.75) is 18.7 Å². The third kappa shape index (κ3) is 6.01. The van der Waals surface area contributed by atoms with Gasteiger partial charge in [-0.15, -0.1) is 0 Å². The van der Waals surface area contributed by atoms with Gasteiger partial charge in [0, 0.05) is 49.1 Å². The van der Waals surface area contributed by atoms with E-state index in [1.54, 1.807) is 42.5 Å². The highest BCUT2D eigenvalue weighted by Crippen LogP contribution is 2.42. The van der Waals surface area contributed by atoms with Crippen LogP contribution in [0.15, 0.2) is 64.3 Å². The van der Waals surface area contributed by atoms with Gasteiger partial charge in [-0.3, -0.25) is 14.2 Å². The molecule has 1 aliphatic heterocycles. The highest BCUT2D eigenvalue weighted by molar-refractivity contribution is 6.39. The van der Waals surface area contributed by atoms with Crippen LogP contribution in [-0.2, 0) is 25.4 Å². The van der Waals surface area contributed by atoms with Crippen molar-refractivity contribution in [3.05, 3.63) is 103 Å². The Kier molecular flexibility index (Phi) is 9.23. The first-order chi connectivity index (χ1) is 21.0. The van der Waals surface area contributed by atoms with Gasteiger partial charge in [-0.25, -0.2) is 9.18 Å². The number of hydrogen-bond acceptors (Lipinski definition) is 7. The molecule has 2 atom stereocenters. The summed E-state index contributed by atoms with van der Waals surface area (Å²) in [6.07, 6.45) is 0.490. The monoisotopic (exact) mass is 642 g/mol. The summed E-state index contributed by atoms with van der Waals surface area (Å²) >= 11 is 13.6. The quantitative estimate of drug-likeness (QED) is 0.266. The maximum Gasteiger partial charge on any atom is 0.330 e. The van der Waals surface area contributed by atoms with Gasteiger partial charge in [-0.05, 0) is 23.8 Å². The maximum absolute atomic E-state index is 15.4. The molecule has 10 nitrogen and oxygen atoms in total. The summed E-state index contributed by atoms with van der Waals surface area (Å²) in [6.45, 7) is 0.665. The van der Waals surface area contributed by atoms with E-state index in [0.717, 1.165) is 9.13 Å². The minimum absolute atomic E-state index is 0.119. The van der Waals surface area contributed by atoms with Crippen LogP contribution in [0.25, 0.3) is 22.3 Å². The van der Waals surface area contributed by atoms with Crippen LogP contribution in [0.5, 0.6) is 5.75 Å². The molecule has 3 N–H and O–H groups in total. The Morgan fingerprint density at radius 1 is 1.07 bits per heavy atom. The van der Waals surface area contributed by atoms with E-state index in [4.69, 9.17) is 32.7 Å². The van der Waals surface area contributed by atoms with Crippen molar-refractivity contribution in [2.24, 2.45) is 14.1 Å². The number of carbonyl (C=O) groups is 1. The molecule has 1 aliphatic rings. The van der Waals surface area contributed by atoms with Crippen molar-refractivity contribution in [2.75, 3.05) is 25.6 Å². The molecule has 1 saturated heterocycles. The zero-order valence-corrected chi connectivity index (χ0v) is 25.5. The standard InChI is InChI=1S/C31H29Cl2FN4O6/c1-37-13-21(30(41)38(2)31(37)42)29(40)36-23-9-5-8-19(28(23)33)18-7-4-6-17(27(18)32)16-10-22(34)20(26(11-16)43-3)12-35-24-14-44-15-25(24)39/h4-11,13,24-25,35,39H,12,14-15H2,1-3H3,(H,36,40)/t24-,25+/m1/s1. The molecule has 1 fully saturated rings.